The highest BCUT2D eigenvalue weighted by Crippen LogP contribution is 2.30. The summed E-state index contributed by atoms with van der Waals surface area (Å²) in [6.07, 6.45) is 0.487. The van der Waals surface area contributed by atoms with Crippen LogP contribution in [-0.2, 0) is 4.79 Å². The molecule has 1 aliphatic heterocycles. The van der Waals surface area contributed by atoms with Gasteiger partial charge in [0.05, 0.1) is 5.02 Å². The third kappa shape index (κ3) is 1.68. The molecule has 4 heteroatoms. The van der Waals surface area contributed by atoms with E-state index in [2.05, 4.69) is 5.32 Å². The van der Waals surface area contributed by atoms with Gasteiger partial charge in [-0.15, -0.1) is 0 Å². The van der Waals surface area contributed by atoms with Crippen LogP contribution in [0.15, 0.2) is 18.2 Å². The Morgan fingerprint density at radius 1 is 1.50 bits per heavy atom. The molecule has 1 aromatic rings. The first kappa shape index (κ1) is 9.34. The van der Waals surface area contributed by atoms with Crippen LogP contribution in [0.1, 0.15) is 17.9 Å². The number of phenolic OH excluding ortho intramolecular Hbond substituents is 1. The average molecular weight is 212 g/mol. The number of hydrogen-bond donors (Lipinski definition) is 2. The zero-order valence-electron chi connectivity index (χ0n) is 7.46. The number of benzene rings is 1. The third-order valence-corrected chi connectivity index (χ3v) is 2.74. The number of rotatable bonds is 1. The largest absolute Gasteiger partial charge is 0.506 e. The Morgan fingerprint density at radius 2 is 2.29 bits per heavy atom. The van der Waals surface area contributed by atoms with Gasteiger partial charge >= 0.3 is 0 Å². The molecule has 1 saturated heterocycles. The molecule has 0 unspecified atom stereocenters. The second kappa shape index (κ2) is 3.50. The molecule has 14 heavy (non-hydrogen) atoms. The predicted molar refractivity (Wildman–Crippen MR) is 53.5 cm³/mol. The highest BCUT2D eigenvalue weighted by atomic mass is 35.5. The van der Waals surface area contributed by atoms with Crippen molar-refractivity contribution in [1.29, 1.82) is 0 Å². The second-order valence-corrected chi connectivity index (χ2v) is 3.82. The van der Waals surface area contributed by atoms with Crippen LogP contribution in [0.25, 0.3) is 0 Å². The molecule has 1 fully saturated rings. The number of nitrogens with one attached hydrogen (secondary N) is 1. The van der Waals surface area contributed by atoms with Gasteiger partial charge in [0.2, 0.25) is 5.91 Å². The van der Waals surface area contributed by atoms with Gasteiger partial charge in [0.25, 0.3) is 0 Å². The minimum absolute atomic E-state index is 0.0597. The quantitative estimate of drug-likeness (QED) is 0.742. The fraction of sp³-hybridized carbons (Fsp3) is 0.300. The highest BCUT2D eigenvalue weighted by Gasteiger charge is 2.23. The Labute approximate surface area is 86.7 Å². The van der Waals surface area contributed by atoms with Crippen LogP contribution in [0.5, 0.6) is 5.75 Å². The van der Waals surface area contributed by atoms with Crippen molar-refractivity contribution in [3.63, 3.8) is 0 Å². The van der Waals surface area contributed by atoms with Crippen molar-refractivity contribution in [3.8, 4) is 5.75 Å². The van der Waals surface area contributed by atoms with Crippen LogP contribution in [0, 0.1) is 0 Å². The summed E-state index contributed by atoms with van der Waals surface area (Å²) in [4.78, 5) is 11.0. The minimum atomic E-state index is 0.0597. The fourth-order valence-corrected chi connectivity index (χ4v) is 1.74. The van der Waals surface area contributed by atoms with E-state index < -0.39 is 0 Å². The monoisotopic (exact) mass is 211 g/mol. The summed E-state index contributed by atoms with van der Waals surface area (Å²) in [7, 11) is 0. The lowest BCUT2D eigenvalue weighted by molar-refractivity contribution is -0.119. The van der Waals surface area contributed by atoms with Crippen LogP contribution < -0.4 is 5.32 Å². The Bertz CT molecular complexity index is 378. The Kier molecular flexibility index (Phi) is 2.33. The fourth-order valence-electron chi connectivity index (χ4n) is 1.62. The first-order valence-electron chi connectivity index (χ1n) is 4.42. The van der Waals surface area contributed by atoms with Crippen LogP contribution in [0.2, 0.25) is 5.02 Å². The normalized spacial score (nSPS) is 20.9. The van der Waals surface area contributed by atoms with E-state index in [1.807, 2.05) is 6.07 Å². The van der Waals surface area contributed by atoms with Gasteiger partial charge in [-0.2, -0.15) is 0 Å². The van der Waals surface area contributed by atoms with Gasteiger partial charge in [-0.1, -0.05) is 17.7 Å². The number of phenols is 1. The smallest absolute Gasteiger partial charge is 0.220 e. The zero-order valence-corrected chi connectivity index (χ0v) is 8.21. The highest BCUT2D eigenvalue weighted by molar-refractivity contribution is 6.32. The van der Waals surface area contributed by atoms with E-state index in [1.54, 1.807) is 12.1 Å². The Morgan fingerprint density at radius 3 is 2.86 bits per heavy atom. The summed E-state index contributed by atoms with van der Waals surface area (Å²) in [6, 6.07) is 5.11. The maximum atomic E-state index is 11.0. The van der Waals surface area contributed by atoms with Crippen LogP contribution in [-0.4, -0.2) is 17.6 Å². The molecule has 1 atom stereocenters. The number of carbonyl (C=O) groups excluding carboxylic acids is 1. The number of aromatic hydroxyl groups is 1. The standard InChI is InChI=1S/C10H10ClNO2/c11-8-2-1-6(3-9(8)13)7-4-10(14)12-5-7/h1-3,7,13H,4-5H2,(H,12,14)/t7-/m0/s1. The molecule has 0 bridgehead atoms. The lowest BCUT2D eigenvalue weighted by Crippen LogP contribution is -2.13. The van der Waals surface area contributed by atoms with Gasteiger partial charge in [0.1, 0.15) is 5.75 Å². The maximum absolute atomic E-state index is 11.0. The molecule has 74 valence electrons. The summed E-state index contributed by atoms with van der Waals surface area (Å²) in [5.41, 5.74) is 0.949. The first-order valence-corrected chi connectivity index (χ1v) is 4.79. The van der Waals surface area contributed by atoms with E-state index in [0.29, 0.717) is 18.0 Å². The van der Waals surface area contributed by atoms with E-state index in [-0.39, 0.29) is 17.6 Å². The number of hydrogen-bond acceptors (Lipinski definition) is 2. The summed E-state index contributed by atoms with van der Waals surface area (Å²) in [5, 5.41) is 12.5. The molecule has 0 radical (unpaired) electrons. The molecule has 3 nitrogen and oxygen atoms in total. The molecule has 1 heterocycles. The van der Waals surface area contributed by atoms with Gasteiger partial charge in [-0.25, -0.2) is 0 Å². The summed E-state index contributed by atoms with van der Waals surface area (Å²) >= 11 is 5.68. The van der Waals surface area contributed by atoms with Gasteiger partial charge in [0, 0.05) is 18.9 Å². The second-order valence-electron chi connectivity index (χ2n) is 3.42. The number of carbonyl (C=O) groups is 1. The zero-order chi connectivity index (χ0) is 10.1. The molecule has 0 aliphatic carbocycles. The molecule has 0 spiro atoms. The van der Waals surface area contributed by atoms with Gasteiger partial charge in [-0.05, 0) is 17.7 Å². The molecule has 2 N–H and O–H groups in total. The van der Waals surface area contributed by atoms with Crippen molar-refractivity contribution in [1.82, 2.24) is 5.32 Å². The number of amides is 1. The third-order valence-electron chi connectivity index (χ3n) is 2.42. The molecule has 2 rings (SSSR count). The molecule has 1 amide bonds. The first-order chi connectivity index (χ1) is 6.66. The van der Waals surface area contributed by atoms with Crippen molar-refractivity contribution in [2.45, 2.75) is 12.3 Å². The topological polar surface area (TPSA) is 49.3 Å². The van der Waals surface area contributed by atoms with E-state index >= 15 is 0 Å². The van der Waals surface area contributed by atoms with E-state index in [1.165, 1.54) is 0 Å². The average Bonchev–Trinajstić information content (AvgIpc) is 2.57. The molecular weight excluding hydrogens is 202 g/mol. The van der Waals surface area contributed by atoms with Crippen molar-refractivity contribution in [2.24, 2.45) is 0 Å². The summed E-state index contributed by atoms with van der Waals surface area (Å²) < 4.78 is 0. The van der Waals surface area contributed by atoms with Crippen molar-refractivity contribution < 1.29 is 9.90 Å². The lowest BCUT2D eigenvalue weighted by atomic mass is 9.98. The lowest BCUT2D eigenvalue weighted by Gasteiger charge is -2.08. The van der Waals surface area contributed by atoms with Gasteiger partial charge < -0.3 is 10.4 Å². The van der Waals surface area contributed by atoms with Gasteiger partial charge in [0.15, 0.2) is 0 Å². The van der Waals surface area contributed by atoms with Crippen molar-refractivity contribution >= 4 is 17.5 Å². The molecule has 1 aliphatic rings. The van der Waals surface area contributed by atoms with Gasteiger partial charge in [-0.3, -0.25) is 4.79 Å². The Hall–Kier alpha value is -1.22. The number of halogens is 1. The molecule has 0 aromatic heterocycles. The van der Waals surface area contributed by atoms with E-state index in [4.69, 9.17) is 11.6 Å². The van der Waals surface area contributed by atoms with E-state index in [0.717, 1.165) is 5.56 Å². The minimum Gasteiger partial charge on any atom is -0.506 e. The van der Waals surface area contributed by atoms with Crippen LogP contribution >= 0.6 is 11.6 Å². The summed E-state index contributed by atoms with van der Waals surface area (Å²) in [5.74, 6) is 0.290. The van der Waals surface area contributed by atoms with Crippen LogP contribution in [0.3, 0.4) is 0 Å². The summed E-state index contributed by atoms with van der Waals surface area (Å²) in [6.45, 7) is 0.639. The van der Waals surface area contributed by atoms with Crippen LogP contribution in [0.4, 0.5) is 0 Å². The maximum Gasteiger partial charge on any atom is 0.220 e. The predicted octanol–water partition coefficient (Wildman–Crippen LogP) is 1.65. The van der Waals surface area contributed by atoms with E-state index in [9.17, 15) is 9.90 Å². The molecule has 1 aromatic carbocycles. The van der Waals surface area contributed by atoms with Crippen molar-refractivity contribution in [3.05, 3.63) is 28.8 Å². The molecular formula is C10H10ClNO2. The molecule has 0 saturated carbocycles. The van der Waals surface area contributed by atoms with Crippen molar-refractivity contribution in [2.75, 3.05) is 6.54 Å². The Balaban J connectivity index is 2.24. The SMILES string of the molecule is O=C1C[C@H](c2ccc(Cl)c(O)c2)CN1.